The monoisotopic (exact) mass is 175 g/mol. The van der Waals surface area contributed by atoms with Crippen molar-refractivity contribution in [3.05, 3.63) is 39.9 Å². The summed E-state index contributed by atoms with van der Waals surface area (Å²) < 4.78 is 0. The van der Waals surface area contributed by atoms with E-state index in [9.17, 15) is 10.1 Å². The Morgan fingerprint density at radius 1 is 1.62 bits per heavy atom. The molecule has 2 radical (unpaired) electrons. The topological polar surface area (TPSA) is 43.1 Å². The average Bonchev–Trinajstić information content (AvgIpc) is 2.17. The third kappa shape index (κ3) is 2.31. The Morgan fingerprint density at radius 3 is 2.85 bits per heavy atom. The van der Waals surface area contributed by atoms with Gasteiger partial charge in [0.2, 0.25) is 0 Å². The minimum atomic E-state index is -0.396. The van der Waals surface area contributed by atoms with Crippen molar-refractivity contribution in [3.8, 4) is 0 Å². The van der Waals surface area contributed by atoms with Crippen LogP contribution in [0.25, 0.3) is 0 Å². The average molecular weight is 175 g/mol. The van der Waals surface area contributed by atoms with Gasteiger partial charge in [0.05, 0.1) is 12.8 Å². The Morgan fingerprint density at radius 2 is 2.31 bits per heavy atom. The van der Waals surface area contributed by atoms with E-state index in [-0.39, 0.29) is 11.6 Å². The lowest BCUT2D eigenvalue weighted by Gasteiger charge is -2.07. The zero-order valence-electron chi connectivity index (χ0n) is 7.43. The summed E-state index contributed by atoms with van der Waals surface area (Å²) in [6.45, 7) is 1.94. The van der Waals surface area contributed by atoms with Crippen LogP contribution < -0.4 is 0 Å². The van der Waals surface area contributed by atoms with Crippen molar-refractivity contribution in [3.63, 3.8) is 0 Å². The molecule has 0 bridgehead atoms. The third-order valence-corrected chi connectivity index (χ3v) is 2.00. The highest BCUT2D eigenvalue weighted by atomic mass is 16.6. The summed E-state index contributed by atoms with van der Waals surface area (Å²) in [6.07, 6.45) is 0.501. The zero-order valence-corrected chi connectivity index (χ0v) is 7.43. The zero-order chi connectivity index (χ0) is 9.84. The normalized spacial score (nSPS) is 12.4. The fourth-order valence-electron chi connectivity index (χ4n) is 1.08. The molecule has 0 amide bonds. The molecule has 1 aromatic carbocycles. The predicted octanol–water partition coefficient (Wildman–Crippen LogP) is 2.29. The number of nitro groups is 1. The van der Waals surface area contributed by atoms with Gasteiger partial charge in [0.25, 0.3) is 5.69 Å². The quantitative estimate of drug-likeness (QED) is 0.401. The van der Waals surface area contributed by atoms with Crippen molar-refractivity contribution in [1.29, 1.82) is 0 Å². The van der Waals surface area contributed by atoms with Crippen LogP contribution in [0, 0.1) is 10.1 Å². The lowest BCUT2D eigenvalue weighted by Crippen LogP contribution is -1.94. The molecule has 0 spiro atoms. The number of nitro benzene ring substituents is 1. The molecule has 0 aliphatic carbocycles. The van der Waals surface area contributed by atoms with Gasteiger partial charge in [0.1, 0.15) is 0 Å². The summed E-state index contributed by atoms with van der Waals surface area (Å²) in [5.41, 5.74) is 1.04. The van der Waals surface area contributed by atoms with Crippen LogP contribution >= 0.6 is 0 Å². The maximum atomic E-state index is 10.4. The Bertz CT molecular complexity index is 314. The summed E-state index contributed by atoms with van der Waals surface area (Å²) in [5.74, 6) is 0.167. The van der Waals surface area contributed by atoms with Crippen LogP contribution in [-0.4, -0.2) is 12.8 Å². The van der Waals surface area contributed by atoms with Gasteiger partial charge in [-0.3, -0.25) is 10.1 Å². The van der Waals surface area contributed by atoms with Crippen LogP contribution in [0.15, 0.2) is 24.3 Å². The lowest BCUT2D eigenvalue weighted by molar-refractivity contribution is -0.384. The molecule has 66 valence electrons. The van der Waals surface area contributed by atoms with E-state index in [0.717, 1.165) is 5.56 Å². The molecule has 0 N–H and O–H groups in total. The van der Waals surface area contributed by atoms with Crippen molar-refractivity contribution in [1.82, 2.24) is 0 Å². The van der Waals surface area contributed by atoms with Crippen LogP contribution in [0.2, 0.25) is 6.32 Å². The maximum absolute atomic E-state index is 10.4. The van der Waals surface area contributed by atoms with E-state index in [0.29, 0.717) is 6.32 Å². The fraction of sp³-hybridized carbons (Fsp3) is 0.333. The standard InChI is InChI=1S/C9H10BNO2/c1-7(6-10)8-3-2-4-9(5-8)11(12)13/h2-5,7H,6H2,1H3/t7-/m0/s1. The van der Waals surface area contributed by atoms with E-state index < -0.39 is 4.92 Å². The smallest absolute Gasteiger partial charge is 0.258 e. The fourth-order valence-corrected chi connectivity index (χ4v) is 1.08. The summed E-state index contributed by atoms with van der Waals surface area (Å²) in [5, 5.41) is 10.4. The number of hydrogen-bond donors (Lipinski definition) is 0. The molecular formula is C9H10BNO2. The van der Waals surface area contributed by atoms with Crippen LogP contribution in [0.5, 0.6) is 0 Å². The first kappa shape index (κ1) is 9.77. The molecule has 0 heterocycles. The molecular weight excluding hydrogens is 165 g/mol. The summed E-state index contributed by atoms with van der Waals surface area (Å²) >= 11 is 0. The minimum Gasteiger partial charge on any atom is -0.258 e. The van der Waals surface area contributed by atoms with Gasteiger partial charge >= 0.3 is 0 Å². The van der Waals surface area contributed by atoms with Gasteiger partial charge in [-0.15, -0.1) is 0 Å². The highest BCUT2D eigenvalue weighted by molar-refractivity contribution is 6.09. The Balaban J connectivity index is 2.98. The molecule has 3 nitrogen and oxygen atoms in total. The van der Waals surface area contributed by atoms with Crippen molar-refractivity contribution in [2.24, 2.45) is 0 Å². The number of benzene rings is 1. The summed E-state index contributed by atoms with van der Waals surface area (Å²) in [6, 6.07) is 6.58. The van der Waals surface area contributed by atoms with Gasteiger partial charge in [0.15, 0.2) is 0 Å². The number of rotatable bonds is 3. The Labute approximate surface area is 78.3 Å². The van der Waals surface area contributed by atoms with Crippen LogP contribution in [-0.2, 0) is 0 Å². The first-order chi connectivity index (χ1) is 6.15. The lowest BCUT2D eigenvalue weighted by atomic mass is 9.87. The molecule has 13 heavy (non-hydrogen) atoms. The molecule has 0 unspecified atom stereocenters. The third-order valence-electron chi connectivity index (χ3n) is 2.00. The van der Waals surface area contributed by atoms with E-state index in [2.05, 4.69) is 0 Å². The number of non-ortho nitro benzene ring substituents is 1. The Kier molecular flexibility index (Phi) is 3.06. The summed E-state index contributed by atoms with van der Waals surface area (Å²) in [7, 11) is 5.46. The molecule has 1 atom stereocenters. The van der Waals surface area contributed by atoms with Gasteiger partial charge in [-0.05, 0) is 11.5 Å². The first-order valence-corrected chi connectivity index (χ1v) is 4.09. The highest BCUT2D eigenvalue weighted by Crippen LogP contribution is 2.22. The molecule has 0 fully saturated rings. The van der Waals surface area contributed by atoms with Crippen molar-refractivity contribution in [2.75, 3.05) is 0 Å². The molecule has 0 saturated carbocycles. The van der Waals surface area contributed by atoms with Crippen molar-refractivity contribution < 1.29 is 4.92 Å². The second-order valence-corrected chi connectivity index (χ2v) is 2.99. The van der Waals surface area contributed by atoms with E-state index >= 15 is 0 Å². The maximum Gasteiger partial charge on any atom is 0.269 e. The molecule has 1 aromatic rings. The largest absolute Gasteiger partial charge is 0.269 e. The van der Waals surface area contributed by atoms with Gasteiger partial charge < -0.3 is 0 Å². The van der Waals surface area contributed by atoms with Gasteiger partial charge in [-0.25, -0.2) is 0 Å². The highest BCUT2D eigenvalue weighted by Gasteiger charge is 2.08. The van der Waals surface area contributed by atoms with E-state index in [4.69, 9.17) is 7.85 Å². The molecule has 0 saturated heterocycles. The van der Waals surface area contributed by atoms with Crippen molar-refractivity contribution >= 4 is 13.5 Å². The molecule has 0 aliphatic heterocycles. The minimum absolute atomic E-state index is 0.123. The van der Waals surface area contributed by atoms with Gasteiger partial charge in [0, 0.05) is 12.1 Å². The molecule has 1 rings (SSSR count). The second-order valence-electron chi connectivity index (χ2n) is 2.99. The molecule has 4 heteroatoms. The van der Waals surface area contributed by atoms with E-state index in [1.807, 2.05) is 13.0 Å². The number of hydrogen-bond acceptors (Lipinski definition) is 2. The molecule has 0 aliphatic rings. The van der Waals surface area contributed by atoms with Crippen LogP contribution in [0.3, 0.4) is 0 Å². The van der Waals surface area contributed by atoms with Crippen LogP contribution in [0.1, 0.15) is 18.4 Å². The first-order valence-electron chi connectivity index (χ1n) is 4.09. The Hall–Kier alpha value is -1.32. The summed E-state index contributed by atoms with van der Waals surface area (Å²) in [4.78, 5) is 10.0. The van der Waals surface area contributed by atoms with Gasteiger partial charge in [-0.1, -0.05) is 25.4 Å². The van der Waals surface area contributed by atoms with Crippen LogP contribution in [0.4, 0.5) is 5.69 Å². The second kappa shape index (κ2) is 4.07. The number of nitrogens with zero attached hydrogens (tertiary/aromatic N) is 1. The van der Waals surface area contributed by atoms with E-state index in [1.54, 1.807) is 12.1 Å². The van der Waals surface area contributed by atoms with Gasteiger partial charge in [-0.2, -0.15) is 0 Å². The van der Waals surface area contributed by atoms with Crippen molar-refractivity contribution in [2.45, 2.75) is 19.2 Å². The predicted molar refractivity (Wildman–Crippen MR) is 52.1 cm³/mol. The molecule has 0 aromatic heterocycles. The SMILES string of the molecule is [B]C[C@H](C)c1cccc([N+](=O)[O-])c1. The van der Waals surface area contributed by atoms with E-state index in [1.165, 1.54) is 6.07 Å².